The Hall–Kier alpha value is -1.61. The quantitative estimate of drug-likeness (QED) is 0.737. The summed E-state index contributed by atoms with van der Waals surface area (Å²) in [4.78, 5) is 25.0. The van der Waals surface area contributed by atoms with Crippen molar-refractivity contribution in [2.45, 2.75) is 32.7 Å². The van der Waals surface area contributed by atoms with Gasteiger partial charge in [-0.2, -0.15) is 5.26 Å². The van der Waals surface area contributed by atoms with Gasteiger partial charge in [-0.15, -0.1) is 0 Å². The van der Waals surface area contributed by atoms with Crippen LogP contribution in [0.5, 0.6) is 0 Å². The van der Waals surface area contributed by atoms with Crippen LogP contribution in [0.2, 0.25) is 0 Å². The lowest BCUT2D eigenvalue weighted by Gasteiger charge is -2.22. The molecule has 0 saturated carbocycles. The third-order valence-corrected chi connectivity index (χ3v) is 3.04. The lowest BCUT2D eigenvalue weighted by atomic mass is 9.91. The number of hydrogen-bond donors (Lipinski definition) is 1. The van der Waals surface area contributed by atoms with Gasteiger partial charge in [0.2, 0.25) is 0 Å². The predicted octanol–water partition coefficient (Wildman–Crippen LogP) is 0.883. The van der Waals surface area contributed by atoms with Gasteiger partial charge in [-0.1, -0.05) is 0 Å². The maximum Gasteiger partial charge on any atom is 0.325 e. The lowest BCUT2D eigenvalue weighted by molar-refractivity contribution is -0.132. The molecule has 1 aliphatic rings. The highest BCUT2D eigenvalue weighted by molar-refractivity contribution is 6.06. The first kappa shape index (κ1) is 14.5. The van der Waals surface area contributed by atoms with Gasteiger partial charge in [0, 0.05) is 13.7 Å². The van der Waals surface area contributed by atoms with Crippen molar-refractivity contribution < 1.29 is 14.3 Å². The summed E-state index contributed by atoms with van der Waals surface area (Å²) in [6, 6.07) is 1.72. The van der Waals surface area contributed by atoms with Gasteiger partial charge in [0.15, 0.2) is 0 Å². The summed E-state index contributed by atoms with van der Waals surface area (Å²) in [5.74, 6) is -0.303. The van der Waals surface area contributed by atoms with Gasteiger partial charge in [0.25, 0.3) is 5.91 Å². The zero-order chi connectivity index (χ0) is 14.0. The molecule has 1 fully saturated rings. The maximum atomic E-state index is 12.1. The second kappa shape index (κ2) is 4.94. The minimum atomic E-state index is -0.997. The van der Waals surface area contributed by atoms with E-state index in [2.05, 4.69) is 11.4 Å². The van der Waals surface area contributed by atoms with Crippen LogP contribution in [0.3, 0.4) is 0 Å². The minimum Gasteiger partial charge on any atom is -0.382 e. The highest BCUT2D eigenvalue weighted by Crippen LogP contribution is 2.23. The van der Waals surface area contributed by atoms with Crippen LogP contribution in [0, 0.1) is 16.7 Å². The van der Waals surface area contributed by atoms with Crippen LogP contribution in [-0.2, 0) is 9.53 Å². The average Bonchev–Trinajstić information content (AvgIpc) is 2.48. The zero-order valence-electron chi connectivity index (χ0n) is 11.2. The van der Waals surface area contributed by atoms with E-state index >= 15 is 0 Å². The van der Waals surface area contributed by atoms with E-state index in [0.717, 1.165) is 4.90 Å². The van der Waals surface area contributed by atoms with E-state index in [-0.39, 0.29) is 19.1 Å². The van der Waals surface area contributed by atoms with Crippen LogP contribution >= 0.6 is 0 Å². The van der Waals surface area contributed by atoms with E-state index in [1.807, 2.05) is 0 Å². The number of carbonyl (C=O) groups is 2. The molecule has 0 spiro atoms. The molecule has 0 aromatic rings. The number of urea groups is 1. The summed E-state index contributed by atoms with van der Waals surface area (Å²) < 4.78 is 4.95. The molecule has 1 saturated heterocycles. The summed E-state index contributed by atoms with van der Waals surface area (Å²) in [7, 11) is 1.48. The third-order valence-electron chi connectivity index (χ3n) is 3.04. The predicted molar refractivity (Wildman–Crippen MR) is 64.5 cm³/mol. The Labute approximate surface area is 107 Å². The van der Waals surface area contributed by atoms with Crippen LogP contribution in [0.15, 0.2) is 0 Å². The number of nitriles is 1. The third kappa shape index (κ3) is 2.79. The molecule has 0 unspecified atom stereocenters. The van der Waals surface area contributed by atoms with Crippen LogP contribution in [0.25, 0.3) is 0 Å². The largest absolute Gasteiger partial charge is 0.382 e. The molecule has 6 nitrogen and oxygen atoms in total. The van der Waals surface area contributed by atoms with Crippen molar-refractivity contribution in [2.75, 3.05) is 20.3 Å². The van der Waals surface area contributed by atoms with E-state index in [4.69, 9.17) is 10.00 Å². The molecule has 0 aromatic carbocycles. The monoisotopic (exact) mass is 253 g/mol. The Bertz CT molecular complexity index is 400. The fourth-order valence-corrected chi connectivity index (χ4v) is 1.78. The molecule has 0 aromatic heterocycles. The number of carbonyl (C=O) groups excluding carboxylic acids is 2. The molecule has 1 heterocycles. The van der Waals surface area contributed by atoms with E-state index in [1.165, 1.54) is 7.11 Å². The number of ether oxygens (including phenoxy) is 1. The highest BCUT2D eigenvalue weighted by atomic mass is 16.5. The number of nitrogens with one attached hydrogen (secondary N) is 1. The van der Waals surface area contributed by atoms with E-state index in [9.17, 15) is 9.59 Å². The van der Waals surface area contributed by atoms with E-state index < -0.39 is 17.0 Å². The van der Waals surface area contributed by atoms with E-state index in [0.29, 0.717) is 6.42 Å². The van der Waals surface area contributed by atoms with Crippen molar-refractivity contribution in [1.82, 2.24) is 10.2 Å². The second-order valence-corrected chi connectivity index (χ2v) is 5.40. The maximum absolute atomic E-state index is 12.1. The Morgan fingerprint density at radius 1 is 1.50 bits per heavy atom. The fraction of sp³-hybridized carbons (Fsp3) is 0.750. The molecular weight excluding hydrogens is 234 g/mol. The standard InChI is InChI=1S/C12H19N3O3/c1-11(2,7-13)5-6-15-9(16)12(3,8-18-4)14-10(15)17/h5-6,8H2,1-4H3,(H,14,17)/t12-/m0/s1. The fourth-order valence-electron chi connectivity index (χ4n) is 1.78. The first-order chi connectivity index (χ1) is 8.25. The van der Waals surface area contributed by atoms with Crippen LogP contribution in [0.4, 0.5) is 4.79 Å². The molecule has 1 aliphatic heterocycles. The highest BCUT2D eigenvalue weighted by Gasteiger charge is 2.47. The van der Waals surface area contributed by atoms with Crippen molar-refractivity contribution in [1.29, 1.82) is 5.26 Å². The Morgan fingerprint density at radius 3 is 2.61 bits per heavy atom. The van der Waals surface area contributed by atoms with Gasteiger partial charge in [-0.3, -0.25) is 9.69 Å². The number of imide groups is 1. The summed E-state index contributed by atoms with van der Waals surface area (Å²) in [5.41, 5.74) is -1.55. The first-order valence-electron chi connectivity index (χ1n) is 5.80. The SMILES string of the molecule is COC[C@]1(C)NC(=O)N(CCC(C)(C)C#N)C1=O. The Kier molecular flexibility index (Phi) is 3.97. The summed E-state index contributed by atoms with van der Waals surface area (Å²) in [5, 5.41) is 11.5. The number of amides is 3. The number of rotatable bonds is 5. The lowest BCUT2D eigenvalue weighted by Crippen LogP contribution is -2.48. The smallest absolute Gasteiger partial charge is 0.325 e. The Balaban J connectivity index is 2.72. The number of nitrogens with zero attached hydrogens (tertiary/aromatic N) is 2. The summed E-state index contributed by atoms with van der Waals surface area (Å²) >= 11 is 0. The molecule has 100 valence electrons. The van der Waals surface area contributed by atoms with Crippen molar-refractivity contribution in [3.8, 4) is 6.07 Å². The average molecular weight is 253 g/mol. The topological polar surface area (TPSA) is 82.4 Å². The molecule has 1 rings (SSSR count). The second-order valence-electron chi connectivity index (χ2n) is 5.40. The molecule has 0 radical (unpaired) electrons. The molecule has 1 atom stereocenters. The van der Waals surface area contributed by atoms with Crippen molar-refractivity contribution in [2.24, 2.45) is 5.41 Å². The zero-order valence-corrected chi connectivity index (χ0v) is 11.2. The Morgan fingerprint density at radius 2 is 2.11 bits per heavy atom. The molecular formula is C12H19N3O3. The van der Waals surface area contributed by atoms with Crippen molar-refractivity contribution in [3.05, 3.63) is 0 Å². The summed E-state index contributed by atoms with van der Waals surface area (Å²) in [6.45, 7) is 5.56. The minimum absolute atomic E-state index is 0.135. The van der Waals surface area contributed by atoms with Gasteiger partial charge in [0.1, 0.15) is 5.54 Å². The van der Waals surface area contributed by atoms with Crippen molar-refractivity contribution in [3.63, 3.8) is 0 Å². The summed E-state index contributed by atoms with van der Waals surface area (Å²) in [6.07, 6.45) is 0.450. The van der Waals surface area contributed by atoms with E-state index in [1.54, 1.807) is 20.8 Å². The first-order valence-corrected chi connectivity index (χ1v) is 5.80. The molecule has 1 N–H and O–H groups in total. The van der Waals surface area contributed by atoms with Crippen LogP contribution < -0.4 is 5.32 Å². The van der Waals surface area contributed by atoms with Crippen LogP contribution in [0.1, 0.15) is 27.2 Å². The van der Waals surface area contributed by atoms with Crippen molar-refractivity contribution >= 4 is 11.9 Å². The molecule has 3 amide bonds. The molecule has 18 heavy (non-hydrogen) atoms. The van der Waals surface area contributed by atoms with Gasteiger partial charge >= 0.3 is 6.03 Å². The van der Waals surface area contributed by atoms with Crippen LogP contribution in [-0.4, -0.2) is 42.6 Å². The number of hydrogen-bond acceptors (Lipinski definition) is 4. The normalized spacial score (nSPS) is 24.1. The van der Waals surface area contributed by atoms with Gasteiger partial charge in [-0.05, 0) is 27.2 Å². The number of methoxy groups -OCH3 is 1. The molecule has 0 aliphatic carbocycles. The van der Waals surface area contributed by atoms with Gasteiger partial charge in [-0.25, -0.2) is 4.79 Å². The van der Waals surface area contributed by atoms with Gasteiger partial charge in [0.05, 0.1) is 18.1 Å². The van der Waals surface area contributed by atoms with Gasteiger partial charge < -0.3 is 10.1 Å². The molecule has 0 bridgehead atoms. The molecule has 6 heteroatoms.